The van der Waals surface area contributed by atoms with Crippen LogP contribution in [0.25, 0.3) is 0 Å². The second-order valence-corrected chi connectivity index (χ2v) is 6.49. The molecule has 4 rings (SSSR count). The fourth-order valence-corrected chi connectivity index (χ4v) is 3.80. The summed E-state index contributed by atoms with van der Waals surface area (Å²) in [7, 11) is 0. The van der Waals surface area contributed by atoms with Gasteiger partial charge in [0.2, 0.25) is 5.91 Å². The van der Waals surface area contributed by atoms with Gasteiger partial charge >= 0.3 is 0 Å². The van der Waals surface area contributed by atoms with Gasteiger partial charge in [-0.2, -0.15) is 0 Å². The van der Waals surface area contributed by atoms with Crippen molar-refractivity contribution in [2.75, 3.05) is 26.4 Å². The van der Waals surface area contributed by atoms with Crippen molar-refractivity contribution in [1.82, 2.24) is 4.90 Å². The molecule has 2 saturated heterocycles. The molecule has 0 saturated carbocycles. The number of rotatable bonds is 3. The third-order valence-electron chi connectivity index (χ3n) is 4.95. The number of carbonyl (C=O) groups is 1. The van der Waals surface area contributed by atoms with Crippen molar-refractivity contribution in [2.45, 2.75) is 44.2 Å². The van der Waals surface area contributed by atoms with Gasteiger partial charge in [-0.25, -0.2) is 0 Å². The van der Waals surface area contributed by atoms with Crippen LogP contribution in [-0.2, 0) is 9.53 Å². The van der Waals surface area contributed by atoms with Gasteiger partial charge in [-0.05, 0) is 43.4 Å². The summed E-state index contributed by atoms with van der Waals surface area (Å²) in [5, 5.41) is 0. The van der Waals surface area contributed by atoms with Crippen LogP contribution in [0.3, 0.4) is 0 Å². The monoisotopic (exact) mass is 317 g/mol. The Bertz CT molecular complexity index is 582. The lowest BCUT2D eigenvalue weighted by atomic mass is 10.0. The number of ether oxygens (including phenoxy) is 3. The Hall–Kier alpha value is -1.75. The Morgan fingerprint density at radius 1 is 1.09 bits per heavy atom. The van der Waals surface area contributed by atoms with Gasteiger partial charge in [0, 0.05) is 13.2 Å². The van der Waals surface area contributed by atoms with E-state index in [1.54, 1.807) is 0 Å². The van der Waals surface area contributed by atoms with Crippen LogP contribution in [0.4, 0.5) is 0 Å². The van der Waals surface area contributed by atoms with Gasteiger partial charge in [-0.15, -0.1) is 0 Å². The second kappa shape index (κ2) is 6.40. The molecule has 124 valence electrons. The highest BCUT2D eigenvalue weighted by Gasteiger charge is 2.32. The molecule has 5 nitrogen and oxygen atoms in total. The molecular formula is C18H23NO4. The molecule has 5 heteroatoms. The first-order valence-electron chi connectivity index (χ1n) is 8.62. The predicted molar refractivity (Wildman–Crippen MR) is 84.7 cm³/mol. The van der Waals surface area contributed by atoms with E-state index in [1.165, 1.54) is 0 Å². The number of likely N-dealkylation sites (tertiary alicyclic amines) is 1. The minimum absolute atomic E-state index is 0.115. The van der Waals surface area contributed by atoms with E-state index in [-0.39, 0.29) is 18.1 Å². The molecule has 0 aromatic heterocycles. The Labute approximate surface area is 136 Å². The molecule has 3 aliphatic heterocycles. The maximum absolute atomic E-state index is 12.7. The fourth-order valence-electron chi connectivity index (χ4n) is 3.80. The zero-order chi connectivity index (χ0) is 15.6. The third kappa shape index (κ3) is 3.02. The SMILES string of the molecule is O=C(C[C@H]1CCCO1)N1CCC[C@H]1c1ccc2c(c1)OCCO2. The summed E-state index contributed by atoms with van der Waals surface area (Å²) in [5.74, 6) is 1.82. The highest BCUT2D eigenvalue weighted by molar-refractivity contribution is 5.77. The molecule has 1 aromatic carbocycles. The van der Waals surface area contributed by atoms with Crippen molar-refractivity contribution in [1.29, 1.82) is 0 Å². The highest BCUT2D eigenvalue weighted by Crippen LogP contribution is 2.38. The van der Waals surface area contributed by atoms with Crippen molar-refractivity contribution in [3.05, 3.63) is 23.8 Å². The average Bonchev–Trinajstić information content (AvgIpc) is 3.25. The summed E-state index contributed by atoms with van der Waals surface area (Å²) >= 11 is 0. The molecule has 0 spiro atoms. The normalized spacial score (nSPS) is 26.5. The highest BCUT2D eigenvalue weighted by atomic mass is 16.6. The van der Waals surface area contributed by atoms with Crippen LogP contribution < -0.4 is 9.47 Å². The first-order chi connectivity index (χ1) is 11.3. The van der Waals surface area contributed by atoms with Gasteiger partial charge in [0.1, 0.15) is 13.2 Å². The van der Waals surface area contributed by atoms with E-state index in [1.807, 2.05) is 17.0 Å². The lowest BCUT2D eigenvalue weighted by Gasteiger charge is -2.27. The van der Waals surface area contributed by atoms with Crippen molar-refractivity contribution >= 4 is 5.91 Å². The molecule has 0 radical (unpaired) electrons. The van der Waals surface area contributed by atoms with Gasteiger partial charge in [-0.1, -0.05) is 6.07 Å². The average molecular weight is 317 g/mol. The van der Waals surface area contributed by atoms with Crippen molar-refractivity contribution in [3.8, 4) is 11.5 Å². The number of benzene rings is 1. The minimum atomic E-state index is 0.115. The van der Waals surface area contributed by atoms with Gasteiger partial charge in [0.25, 0.3) is 0 Å². The molecule has 23 heavy (non-hydrogen) atoms. The number of fused-ring (bicyclic) bond motifs is 1. The molecule has 1 amide bonds. The summed E-state index contributed by atoms with van der Waals surface area (Å²) in [6.45, 7) is 2.82. The quantitative estimate of drug-likeness (QED) is 0.860. The first-order valence-corrected chi connectivity index (χ1v) is 8.62. The van der Waals surface area contributed by atoms with E-state index < -0.39 is 0 Å². The smallest absolute Gasteiger partial charge is 0.225 e. The van der Waals surface area contributed by atoms with Crippen LogP contribution in [0.5, 0.6) is 11.5 Å². The van der Waals surface area contributed by atoms with E-state index in [0.29, 0.717) is 19.6 Å². The topological polar surface area (TPSA) is 48.0 Å². The Kier molecular flexibility index (Phi) is 4.12. The van der Waals surface area contributed by atoms with Crippen LogP contribution in [-0.4, -0.2) is 43.3 Å². The fraction of sp³-hybridized carbons (Fsp3) is 0.611. The zero-order valence-corrected chi connectivity index (χ0v) is 13.3. The zero-order valence-electron chi connectivity index (χ0n) is 13.3. The van der Waals surface area contributed by atoms with Crippen LogP contribution in [0.1, 0.15) is 43.7 Å². The second-order valence-electron chi connectivity index (χ2n) is 6.49. The van der Waals surface area contributed by atoms with Gasteiger partial charge in [-0.3, -0.25) is 4.79 Å². The van der Waals surface area contributed by atoms with E-state index in [2.05, 4.69) is 6.07 Å². The standard InChI is InChI=1S/C18H23NO4/c20-18(12-14-3-2-8-21-14)19-7-1-4-15(19)13-5-6-16-17(11-13)23-10-9-22-16/h5-6,11,14-15H,1-4,7-10,12H2/t14-,15+/m1/s1. The third-order valence-corrected chi connectivity index (χ3v) is 4.95. The van der Waals surface area contributed by atoms with Crippen LogP contribution >= 0.6 is 0 Å². The van der Waals surface area contributed by atoms with Crippen molar-refractivity contribution in [3.63, 3.8) is 0 Å². The summed E-state index contributed by atoms with van der Waals surface area (Å²) in [6.07, 6.45) is 4.77. The maximum atomic E-state index is 12.7. The Balaban J connectivity index is 1.49. The molecular weight excluding hydrogens is 294 g/mol. The molecule has 2 fully saturated rings. The first kappa shape index (κ1) is 14.8. The Morgan fingerprint density at radius 2 is 1.96 bits per heavy atom. The largest absolute Gasteiger partial charge is 0.486 e. The Morgan fingerprint density at radius 3 is 2.78 bits per heavy atom. The van der Waals surface area contributed by atoms with E-state index >= 15 is 0 Å². The van der Waals surface area contributed by atoms with E-state index in [4.69, 9.17) is 14.2 Å². The van der Waals surface area contributed by atoms with E-state index in [9.17, 15) is 4.79 Å². The van der Waals surface area contributed by atoms with Gasteiger partial charge in [0.15, 0.2) is 11.5 Å². The maximum Gasteiger partial charge on any atom is 0.225 e. The molecule has 3 aliphatic rings. The molecule has 0 bridgehead atoms. The number of nitrogens with zero attached hydrogens (tertiary/aromatic N) is 1. The van der Waals surface area contributed by atoms with E-state index in [0.717, 1.165) is 55.9 Å². The summed E-state index contributed by atoms with van der Waals surface area (Å²) < 4.78 is 16.9. The van der Waals surface area contributed by atoms with Gasteiger partial charge < -0.3 is 19.1 Å². The van der Waals surface area contributed by atoms with Gasteiger partial charge in [0.05, 0.1) is 18.6 Å². The van der Waals surface area contributed by atoms with Crippen molar-refractivity contribution < 1.29 is 19.0 Å². The summed E-state index contributed by atoms with van der Waals surface area (Å²) in [4.78, 5) is 14.7. The molecule has 0 N–H and O–H groups in total. The number of hydrogen-bond donors (Lipinski definition) is 0. The summed E-state index contributed by atoms with van der Waals surface area (Å²) in [6, 6.07) is 6.22. The molecule has 3 heterocycles. The number of carbonyl (C=O) groups excluding carboxylic acids is 1. The molecule has 2 atom stereocenters. The lowest BCUT2D eigenvalue weighted by Crippen LogP contribution is -2.33. The predicted octanol–water partition coefficient (Wildman–Crippen LogP) is 2.69. The lowest BCUT2D eigenvalue weighted by molar-refractivity contribution is -0.134. The summed E-state index contributed by atoms with van der Waals surface area (Å²) in [5.41, 5.74) is 1.15. The van der Waals surface area contributed by atoms with Crippen LogP contribution in [0.2, 0.25) is 0 Å². The van der Waals surface area contributed by atoms with Crippen LogP contribution in [0.15, 0.2) is 18.2 Å². The number of amides is 1. The molecule has 1 aromatic rings. The number of hydrogen-bond acceptors (Lipinski definition) is 4. The minimum Gasteiger partial charge on any atom is -0.486 e. The molecule has 0 aliphatic carbocycles. The van der Waals surface area contributed by atoms with Crippen molar-refractivity contribution in [2.24, 2.45) is 0 Å². The molecule has 0 unspecified atom stereocenters. The van der Waals surface area contributed by atoms with Crippen LogP contribution in [0, 0.1) is 0 Å².